The normalized spacial score (nSPS) is 11.3. The molecule has 0 amide bonds. The monoisotopic (exact) mass is 299 g/mol. The largest absolute Gasteiger partial charge is 0.280 e. The summed E-state index contributed by atoms with van der Waals surface area (Å²) in [6.45, 7) is 1.60. The van der Waals surface area contributed by atoms with Crippen molar-refractivity contribution in [2.45, 2.75) is 11.8 Å². The Hall–Kier alpha value is -1.59. The topological polar surface area (TPSA) is 46.2 Å². The highest BCUT2D eigenvalue weighted by Crippen LogP contribution is 2.22. The molecule has 0 atom stereocenters. The van der Waals surface area contributed by atoms with E-state index in [9.17, 15) is 12.8 Å². The van der Waals surface area contributed by atoms with Gasteiger partial charge in [0.1, 0.15) is 5.82 Å². The Morgan fingerprint density at radius 3 is 2.58 bits per heavy atom. The summed E-state index contributed by atoms with van der Waals surface area (Å²) in [4.78, 5) is -0.0903. The lowest BCUT2D eigenvalue weighted by Gasteiger charge is -2.10. The second-order valence-corrected chi connectivity index (χ2v) is 6.11. The lowest BCUT2D eigenvalue weighted by Crippen LogP contribution is -2.14. The molecule has 2 rings (SSSR count). The van der Waals surface area contributed by atoms with Crippen molar-refractivity contribution in [2.75, 3.05) is 4.72 Å². The van der Waals surface area contributed by atoms with Crippen LogP contribution in [-0.4, -0.2) is 8.42 Å². The highest BCUT2D eigenvalue weighted by atomic mass is 35.5. The Morgan fingerprint density at radius 1 is 1.16 bits per heavy atom. The van der Waals surface area contributed by atoms with Crippen molar-refractivity contribution < 1.29 is 12.8 Å². The van der Waals surface area contributed by atoms with Crippen molar-refractivity contribution in [3.8, 4) is 0 Å². The molecule has 2 aromatic carbocycles. The smallest absolute Gasteiger partial charge is 0.262 e. The van der Waals surface area contributed by atoms with Gasteiger partial charge in [0.2, 0.25) is 0 Å². The van der Waals surface area contributed by atoms with Crippen LogP contribution in [0.15, 0.2) is 47.4 Å². The minimum atomic E-state index is -3.83. The molecule has 0 unspecified atom stereocenters. The van der Waals surface area contributed by atoms with Gasteiger partial charge in [0, 0.05) is 5.02 Å². The Kier molecular flexibility index (Phi) is 3.78. The molecule has 100 valence electrons. The average Bonchev–Trinajstić information content (AvgIpc) is 2.31. The van der Waals surface area contributed by atoms with E-state index in [1.807, 2.05) is 0 Å². The number of hydrogen-bond donors (Lipinski definition) is 1. The Labute approximate surface area is 116 Å². The van der Waals surface area contributed by atoms with Gasteiger partial charge >= 0.3 is 0 Å². The molecule has 0 radical (unpaired) electrons. The summed E-state index contributed by atoms with van der Waals surface area (Å²) < 4.78 is 39.9. The molecule has 19 heavy (non-hydrogen) atoms. The molecular formula is C13H11ClFNO2S. The van der Waals surface area contributed by atoms with E-state index in [4.69, 9.17) is 11.6 Å². The van der Waals surface area contributed by atoms with Crippen LogP contribution in [0.1, 0.15) is 5.56 Å². The number of anilines is 1. The standard InChI is InChI=1S/C13H11ClFNO2S/c1-9-5-6-11(15)8-13(9)19(17,18)16-12-4-2-3-10(14)7-12/h2-8,16H,1H3. The second kappa shape index (κ2) is 5.19. The van der Waals surface area contributed by atoms with Gasteiger partial charge in [0.05, 0.1) is 10.6 Å². The molecule has 0 spiro atoms. The van der Waals surface area contributed by atoms with Crippen LogP contribution in [0.5, 0.6) is 0 Å². The molecule has 1 N–H and O–H groups in total. The third-order valence-corrected chi connectivity index (χ3v) is 4.27. The zero-order valence-corrected chi connectivity index (χ0v) is 11.6. The SMILES string of the molecule is Cc1ccc(F)cc1S(=O)(=O)Nc1cccc(Cl)c1. The summed E-state index contributed by atoms with van der Waals surface area (Å²) in [5, 5.41) is 0.413. The Bertz CT molecular complexity index is 716. The second-order valence-electron chi connectivity index (χ2n) is 4.03. The molecule has 0 aromatic heterocycles. The van der Waals surface area contributed by atoms with Crippen molar-refractivity contribution in [1.82, 2.24) is 0 Å². The molecule has 0 saturated heterocycles. The summed E-state index contributed by atoms with van der Waals surface area (Å²) >= 11 is 5.78. The quantitative estimate of drug-likeness (QED) is 0.941. The van der Waals surface area contributed by atoms with Gasteiger partial charge in [-0.2, -0.15) is 0 Å². The van der Waals surface area contributed by atoms with Gasteiger partial charge in [-0.25, -0.2) is 12.8 Å². The van der Waals surface area contributed by atoms with Crippen molar-refractivity contribution in [2.24, 2.45) is 0 Å². The van der Waals surface area contributed by atoms with E-state index in [1.165, 1.54) is 18.2 Å². The first-order valence-electron chi connectivity index (χ1n) is 5.43. The molecule has 6 heteroatoms. The maximum absolute atomic E-state index is 13.2. The number of sulfonamides is 1. The van der Waals surface area contributed by atoms with E-state index in [0.29, 0.717) is 16.3 Å². The van der Waals surface area contributed by atoms with E-state index < -0.39 is 15.8 Å². The number of benzene rings is 2. The first-order valence-corrected chi connectivity index (χ1v) is 7.29. The summed E-state index contributed by atoms with van der Waals surface area (Å²) in [6, 6.07) is 9.93. The van der Waals surface area contributed by atoms with Gasteiger partial charge in [0.15, 0.2) is 0 Å². The zero-order valence-electron chi connectivity index (χ0n) is 10.0. The van der Waals surface area contributed by atoms with Crippen molar-refractivity contribution in [3.63, 3.8) is 0 Å². The highest BCUT2D eigenvalue weighted by molar-refractivity contribution is 7.92. The number of nitrogens with one attached hydrogen (secondary N) is 1. The van der Waals surface area contributed by atoms with E-state index in [2.05, 4.69) is 4.72 Å². The van der Waals surface area contributed by atoms with E-state index in [0.717, 1.165) is 6.07 Å². The minimum Gasteiger partial charge on any atom is -0.280 e. The van der Waals surface area contributed by atoms with Gasteiger partial charge in [-0.05, 0) is 42.8 Å². The summed E-state index contributed by atoms with van der Waals surface area (Å²) in [7, 11) is -3.83. The molecule has 0 aliphatic rings. The van der Waals surface area contributed by atoms with Gasteiger partial charge in [0.25, 0.3) is 10.0 Å². The predicted molar refractivity (Wildman–Crippen MR) is 73.4 cm³/mol. The van der Waals surface area contributed by atoms with Crippen LogP contribution in [0, 0.1) is 12.7 Å². The number of halogens is 2. The zero-order chi connectivity index (χ0) is 14.0. The minimum absolute atomic E-state index is 0.0903. The molecule has 0 bridgehead atoms. The summed E-state index contributed by atoms with van der Waals surface area (Å²) in [5.41, 5.74) is 0.798. The third kappa shape index (κ3) is 3.24. The summed E-state index contributed by atoms with van der Waals surface area (Å²) in [6.07, 6.45) is 0. The molecular weight excluding hydrogens is 289 g/mol. The van der Waals surface area contributed by atoms with E-state index in [-0.39, 0.29) is 4.90 Å². The van der Waals surface area contributed by atoms with Crippen molar-refractivity contribution in [1.29, 1.82) is 0 Å². The van der Waals surface area contributed by atoms with Crippen LogP contribution in [0.2, 0.25) is 5.02 Å². The van der Waals surface area contributed by atoms with Crippen molar-refractivity contribution in [3.05, 3.63) is 58.9 Å². The Morgan fingerprint density at radius 2 is 1.89 bits per heavy atom. The molecule has 2 aromatic rings. The fourth-order valence-electron chi connectivity index (χ4n) is 1.63. The number of rotatable bonds is 3. The Balaban J connectivity index is 2.40. The van der Waals surface area contributed by atoms with Crippen LogP contribution < -0.4 is 4.72 Å². The molecule has 0 heterocycles. The summed E-state index contributed by atoms with van der Waals surface area (Å²) in [5.74, 6) is -0.600. The molecule has 0 aliphatic carbocycles. The molecule has 3 nitrogen and oxygen atoms in total. The molecule has 0 aliphatic heterocycles. The predicted octanol–water partition coefficient (Wildman–Crippen LogP) is 3.59. The highest BCUT2D eigenvalue weighted by Gasteiger charge is 2.17. The molecule has 0 fully saturated rings. The van der Waals surface area contributed by atoms with Crippen LogP contribution >= 0.6 is 11.6 Å². The number of hydrogen-bond acceptors (Lipinski definition) is 2. The van der Waals surface area contributed by atoms with Gasteiger partial charge in [-0.3, -0.25) is 4.72 Å². The first kappa shape index (κ1) is 13.8. The average molecular weight is 300 g/mol. The van der Waals surface area contributed by atoms with Crippen molar-refractivity contribution >= 4 is 27.3 Å². The van der Waals surface area contributed by atoms with Crippen LogP contribution in [0.3, 0.4) is 0 Å². The fourth-order valence-corrected chi connectivity index (χ4v) is 3.12. The van der Waals surface area contributed by atoms with Gasteiger partial charge < -0.3 is 0 Å². The third-order valence-electron chi connectivity index (χ3n) is 2.52. The first-order chi connectivity index (χ1) is 8.88. The lowest BCUT2D eigenvalue weighted by atomic mass is 10.2. The maximum atomic E-state index is 13.2. The van der Waals surface area contributed by atoms with Crippen LogP contribution in [-0.2, 0) is 10.0 Å². The molecule has 0 saturated carbocycles. The fraction of sp³-hybridized carbons (Fsp3) is 0.0769. The van der Waals surface area contributed by atoms with Crippen LogP contribution in [0.4, 0.5) is 10.1 Å². The maximum Gasteiger partial charge on any atom is 0.262 e. The van der Waals surface area contributed by atoms with E-state index in [1.54, 1.807) is 25.1 Å². The van der Waals surface area contributed by atoms with Gasteiger partial charge in [-0.1, -0.05) is 23.7 Å². The number of aryl methyl sites for hydroxylation is 1. The lowest BCUT2D eigenvalue weighted by molar-refractivity contribution is 0.594. The van der Waals surface area contributed by atoms with Crippen LogP contribution in [0.25, 0.3) is 0 Å². The van der Waals surface area contributed by atoms with E-state index >= 15 is 0 Å². The van der Waals surface area contributed by atoms with Gasteiger partial charge in [-0.15, -0.1) is 0 Å².